The number of esters is 2. The number of ether oxygens (including phenoxy) is 2. The second kappa shape index (κ2) is 11.0. The van der Waals surface area contributed by atoms with Gasteiger partial charge in [0.1, 0.15) is 18.1 Å². The van der Waals surface area contributed by atoms with Gasteiger partial charge in [0.05, 0.1) is 30.3 Å². The summed E-state index contributed by atoms with van der Waals surface area (Å²) in [7, 11) is 1.24. The molecule has 8 nitrogen and oxygen atoms in total. The summed E-state index contributed by atoms with van der Waals surface area (Å²) in [5.41, 5.74) is 2.52. The van der Waals surface area contributed by atoms with Crippen LogP contribution in [-0.4, -0.2) is 42.9 Å². The van der Waals surface area contributed by atoms with E-state index in [1.807, 2.05) is 19.9 Å². The molecule has 9 heteroatoms. The van der Waals surface area contributed by atoms with Gasteiger partial charge >= 0.3 is 11.9 Å². The molecule has 4 rings (SSSR count). The van der Waals surface area contributed by atoms with Crippen LogP contribution < -0.4 is 10.7 Å². The average Bonchev–Trinajstić information content (AvgIpc) is 2.86. The van der Waals surface area contributed by atoms with Crippen molar-refractivity contribution in [1.29, 1.82) is 0 Å². The minimum atomic E-state index is -1.05. The third-order valence-electron chi connectivity index (χ3n) is 6.89. The summed E-state index contributed by atoms with van der Waals surface area (Å²) in [5, 5.41) is 3.55. The number of dihydropyridines is 1. The van der Waals surface area contributed by atoms with E-state index in [-0.39, 0.29) is 34.7 Å². The first kappa shape index (κ1) is 26.7. The number of Topliss-reactive ketones (excluding diaryl/α,β-unsaturated/α-hetero) is 1. The molecule has 0 radical (unpaired) electrons. The van der Waals surface area contributed by atoms with Crippen LogP contribution in [0.3, 0.4) is 0 Å². The zero-order chi connectivity index (χ0) is 26.9. The van der Waals surface area contributed by atoms with Crippen LogP contribution in [0.25, 0.3) is 11.0 Å². The molecule has 0 amide bonds. The number of allylic oxidation sites excluding steroid dienone is 3. The van der Waals surface area contributed by atoms with Crippen LogP contribution in [0, 0.1) is 18.8 Å². The Morgan fingerprint density at radius 1 is 1.22 bits per heavy atom. The van der Waals surface area contributed by atoms with E-state index in [1.165, 1.54) is 13.4 Å². The number of rotatable bonds is 7. The number of thioether (sulfide) groups is 1. The number of methoxy groups -OCH3 is 1. The maximum absolute atomic E-state index is 13.8. The summed E-state index contributed by atoms with van der Waals surface area (Å²) in [6.07, 6.45) is 1.69. The van der Waals surface area contributed by atoms with E-state index >= 15 is 0 Å². The standard InChI is InChI=1S/C28H31NO7S/c1-6-37-10-9-35-28(33)22-16(4)29-19-12-15(3)21(27(32)34-5)26(31)24(19)23(22)18-13-36-20-8-7-14(2)11-17(20)25(18)30/h7-8,11,13,15,21,23,29H,6,9-10,12H2,1-5H3/t15-,21+,23+/m1/s1. The van der Waals surface area contributed by atoms with Gasteiger partial charge in [0.2, 0.25) is 0 Å². The number of ketones is 1. The SMILES string of the molecule is CCSCCOC(=O)C1=C(C)NC2=C(C(=O)[C@@H](C(=O)OC)[C@H](C)C2)[C@H]1c1coc2ccc(C)cc2c1=O. The first-order chi connectivity index (χ1) is 17.7. The molecule has 1 aromatic heterocycles. The number of hydrogen-bond donors (Lipinski definition) is 1. The zero-order valence-corrected chi connectivity index (χ0v) is 22.5. The molecule has 0 saturated heterocycles. The van der Waals surface area contributed by atoms with Crippen LogP contribution in [0.1, 0.15) is 44.2 Å². The lowest BCUT2D eigenvalue weighted by molar-refractivity contribution is -0.151. The highest BCUT2D eigenvalue weighted by molar-refractivity contribution is 7.99. The van der Waals surface area contributed by atoms with E-state index in [9.17, 15) is 19.2 Å². The number of fused-ring (bicyclic) bond motifs is 1. The van der Waals surface area contributed by atoms with Crippen LogP contribution in [0.4, 0.5) is 0 Å². The van der Waals surface area contributed by atoms with E-state index in [2.05, 4.69) is 5.32 Å². The van der Waals surface area contributed by atoms with Gasteiger partial charge in [0, 0.05) is 28.3 Å². The van der Waals surface area contributed by atoms with Gasteiger partial charge in [-0.25, -0.2) is 4.79 Å². The number of carbonyl (C=O) groups is 3. The highest BCUT2D eigenvalue weighted by Gasteiger charge is 2.48. The normalized spacial score (nSPS) is 21.5. The fourth-order valence-electron chi connectivity index (χ4n) is 5.14. The van der Waals surface area contributed by atoms with Gasteiger partial charge in [-0.2, -0.15) is 11.8 Å². The average molecular weight is 526 g/mol. The van der Waals surface area contributed by atoms with Crippen molar-refractivity contribution in [2.45, 2.75) is 40.0 Å². The van der Waals surface area contributed by atoms with Gasteiger partial charge in [0.15, 0.2) is 11.2 Å². The van der Waals surface area contributed by atoms with Crippen molar-refractivity contribution in [2.75, 3.05) is 25.2 Å². The lowest BCUT2D eigenvalue weighted by Gasteiger charge is -2.37. The monoisotopic (exact) mass is 525 g/mol. The predicted octanol–water partition coefficient (Wildman–Crippen LogP) is 4.01. The summed E-state index contributed by atoms with van der Waals surface area (Å²) in [6.45, 7) is 7.60. The molecule has 3 atom stereocenters. The molecule has 0 spiro atoms. The quantitative estimate of drug-likeness (QED) is 0.325. The maximum atomic E-state index is 13.8. The first-order valence-corrected chi connectivity index (χ1v) is 13.4. The van der Waals surface area contributed by atoms with Crippen LogP contribution in [0.2, 0.25) is 0 Å². The molecule has 0 saturated carbocycles. The highest BCUT2D eigenvalue weighted by Crippen LogP contribution is 2.45. The highest BCUT2D eigenvalue weighted by atomic mass is 32.2. The second-order valence-corrected chi connectivity index (χ2v) is 10.8. The number of hydrogen-bond acceptors (Lipinski definition) is 9. The van der Waals surface area contributed by atoms with Crippen molar-refractivity contribution in [3.63, 3.8) is 0 Å². The van der Waals surface area contributed by atoms with Crippen molar-refractivity contribution in [3.05, 3.63) is 68.4 Å². The van der Waals surface area contributed by atoms with Crippen LogP contribution in [0.15, 0.2) is 56.2 Å². The van der Waals surface area contributed by atoms with E-state index < -0.39 is 29.6 Å². The Hall–Kier alpha value is -3.33. The van der Waals surface area contributed by atoms with E-state index in [0.29, 0.717) is 34.5 Å². The number of aryl methyl sites for hydroxylation is 1. The largest absolute Gasteiger partial charge is 0.468 e. The van der Waals surface area contributed by atoms with E-state index in [4.69, 9.17) is 13.9 Å². The Labute approximate surface area is 219 Å². The van der Waals surface area contributed by atoms with E-state index in [1.54, 1.807) is 37.7 Å². The smallest absolute Gasteiger partial charge is 0.336 e. The van der Waals surface area contributed by atoms with Crippen LogP contribution >= 0.6 is 11.8 Å². The molecular formula is C28H31NO7S. The third-order valence-corrected chi connectivity index (χ3v) is 7.76. The Morgan fingerprint density at radius 2 is 1.97 bits per heavy atom. The van der Waals surface area contributed by atoms with Gasteiger partial charge in [0.25, 0.3) is 0 Å². The van der Waals surface area contributed by atoms with Crippen molar-refractivity contribution in [2.24, 2.45) is 11.8 Å². The summed E-state index contributed by atoms with van der Waals surface area (Å²) in [4.78, 5) is 53.6. The number of nitrogens with one attached hydrogen (secondary N) is 1. The zero-order valence-electron chi connectivity index (χ0n) is 21.6. The molecule has 1 aliphatic heterocycles. The molecule has 0 fully saturated rings. The van der Waals surface area contributed by atoms with Crippen molar-refractivity contribution < 1.29 is 28.3 Å². The topological polar surface area (TPSA) is 112 Å². The van der Waals surface area contributed by atoms with Crippen LogP contribution in [-0.2, 0) is 23.9 Å². The lowest BCUT2D eigenvalue weighted by atomic mass is 9.69. The summed E-state index contributed by atoms with van der Waals surface area (Å²) < 4.78 is 16.3. The fraction of sp³-hybridized carbons (Fsp3) is 0.429. The molecule has 1 aromatic carbocycles. The Morgan fingerprint density at radius 3 is 2.68 bits per heavy atom. The minimum absolute atomic E-state index is 0.146. The molecule has 2 aliphatic rings. The molecule has 1 N–H and O–H groups in total. The minimum Gasteiger partial charge on any atom is -0.468 e. The van der Waals surface area contributed by atoms with Gasteiger partial charge in [-0.3, -0.25) is 14.4 Å². The molecule has 1 aliphatic carbocycles. The number of carbonyl (C=O) groups excluding carboxylic acids is 3. The molecule has 2 aromatic rings. The Balaban J connectivity index is 1.90. The fourth-order valence-corrected chi connectivity index (χ4v) is 5.63. The molecule has 0 unspecified atom stereocenters. The summed E-state index contributed by atoms with van der Waals surface area (Å²) in [5.74, 6) is -2.64. The Bertz CT molecular complexity index is 1390. The number of benzene rings is 1. The second-order valence-electron chi connectivity index (χ2n) is 9.39. The van der Waals surface area contributed by atoms with Crippen LogP contribution in [0.5, 0.6) is 0 Å². The maximum Gasteiger partial charge on any atom is 0.336 e. The van der Waals surface area contributed by atoms with Crippen molar-refractivity contribution in [1.82, 2.24) is 5.32 Å². The Kier molecular flexibility index (Phi) is 7.92. The van der Waals surface area contributed by atoms with E-state index in [0.717, 1.165) is 11.3 Å². The lowest BCUT2D eigenvalue weighted by Crippen LogP contribution is -2.44. The first-order valence-electron chi connectivity index (χ1n) is 12.3. The van der Waals surface area contributed by atoms with Crippen molar-refractivity contribution in [3.8, 4) is 0 Å². The predicted molar refractivity (Wildman–Crippen MR) is 141 cm³/mol. The molecule has 196 valence electrons. The molecule has 37 heavy (non-hydrogen) atoms. The third kappa shape index (κ3) is 4.97. The summed E-state index contributed by atoms with van der Waals surface area (Å²) in [6, 6.07) is 5.27. The van der Waals surface area contributed by atoms with Crippen molar-refractivity contribution >= 4 is 40.5 Å². The van der Waals surface area contributed by atoms with Gasteiger partial charge in [-0.1, -0.05) is 25.5 Å². The van der Waals surface area contributed by atoms with Gasteiger partial charge in [-0.15, -0.1) is 0 Å². The summed E-state index contributed by atoms with van der Waals surface area (Å²) >= 11 is 1.64. The van der Waals surface area contributed by atoms with Gasteiger partial charge < -0.3 is 19.2 Å². The molecule has 2 heterocycles. The molecule has 0 bridgehead atoms. The molecular weight excluding hydrogens is 494 g/mol. The van der Waals surface area contributed by atoms with Gasteiger partial charge in [-0.05, 0) is 44.1 Å².